The van der Waals surface area contributed by atoms with Crippen LogP contribution in [0.4, 0.5) is 49.7 Å². The summed E-state index contributed by atoms with van der Waals surface area (Å²) in [6, 6.07) is 5.48. The number of aromatic nitrogens is 5. The van der Waals surface area contributed by atoms with E-state index in [0.29, 0.717) is 15.1 Å². The van der Waals surface area contributed by atoms with Crippen LogP contribution in [0.2, 0.25) is 5.02 Å². The molecule has 2 aromatic carbocycles. The predicted octanol–water partition coefficient (Wildman–Crippen LogP) is 9.83. The van der Waals surface area contributed by atoms with Crippen molar-refractivity contribution < 1.29 is 77.8 Å². The third-order valence-electron chi connectivity index (χ3n) is 12.8. The number of carboxylic acid groups (broad SMARTS) is 2. The van der Waals surface area contributed by atoms with Crippen molar-refractivity contribution in [3.05, 3.63) is 93.0 Å². The van der Waals surface area contributed by atoms with Gasteiger partial charge in [0.05, 0.1) is 55.6 Å². The van der Waals surface area contributed by atoms with E-state index in [4.69, 9.17) is 11.6 Å². The maximum absolute atomic E-state index is 15.4. The molecule has 5 atom stereocenters. The molecule has 2 amide bonds. The van der Waals surface area contributed by atoms with Crippen molar-refractivity contribution in [2.75, 3.05) is 16.8 Å². The summed E-state index contributed by atoms with van der Waals surface area (Å²) < 4.78 is 161. The van der Waals surface area contributed by atoms with Gasteiger partial charge in [0, 0.05) is 35.1 Å². The number of rotatable bonds is 14. The Morgan fingerprint density at radius 2 is 1.55 bits per heavy atom. The number of pyridine rings is 1. The molecule has 2 aliphatic rings. The van der Waals surface area contributed by atoms with Gasteiger partial charge in [-0.1, -0.05) is 30.5 Å². The molecule has 2 aliphatic carbocycles. The summed E-state index contributed by atoms with van der Waals surface area (Å²) in [4.78, 5) is 57.6. The van der Waals surface area contributed by atoms with Crippen LogP contribution in [0.5, 0.6) is 0 Å². The minimum absolute atomic E-state index is 0.0615. The Labute approximate surface area is 432 Å². The molecular formula is C48H44ClF10N7O7S2. The number of halogens is 11. The first-order valence-electron chi connectivity index (χ1n) is 22.6. The second kappa shape index (κ2) is 21.2. The molecular weight excluding hydrogens is 1080 g/mol. The lowest BCUT2D eigenvalue weighted by atomic mass is 9.74. The fourth-order valence-electron chi connectivity index (χ4n) is 9.44. The number of amides is 2. The number of carboxylic acids is 2. The Balaban J connectivity index is 1.46. The molecule has 75 heavy (non-hydrogen) atoms. The lowest BCUT2D eigenvalue weighted by Crippen LogP contribution is -2.45. The number of benzene rings is 2. The van der Waals surface area contributed by atoms with Crippen molar-refractivity contribution in [2.24, 2.45) is 17.8 Å². The molecule has 7 rings (SSSR count). The van der Waals surface area contributed by atoms with Gasteiger partial charge in [-0.2, -0.15) is 40.2 Å². The van der Waals surface area contributed by atoms with Crippen molar-refractivity contribution in [2.45, 2.75) is 101 Å². The first-order chi connectivity index (χ1) is 34.8. The molecule has 402 valence electrons. The Kier molecular flexibility index (Phi) is 16.0. The van der Waals surface area contributed by atoms with Crippen molar-refractivity contribution in [3.8, 4) is 23.0 Å². The number of nitrogens with one attached hydrogen (secondary N) is 1. The maximum atomic E-state index is 15.4. The molecule has 4 unspecified atom stereocenters. The highest BCUT2D eigenvalue weighted by atomic mass is 35.5. The lowest BCUT2D eigenvalue weighted by molar-refractivity contribution is -0.150. The molecule has 0 radical (unpaired) electrons. The average molecular weight is 1120 g/mol. The van der Waals surface area contributed by atoms with Gasteiger partial charge in [0.15, 0.2) is 5.69 Å². The van der Waals surface area contributed by atoms with E-state index in [1.54, 1.807) is 20.1 Å². The van der Waals surface area contributed by atoms with E-state index >= 15 is 8.78 Å². The number of hydrogen-bond donors (Lipinski definition) is 3. The number of aliphatic carboxylic acids is 2. The molecule has 0 spiro atoms. The summed E-state index contributed by atoms with van der Waals surface area (Å²) in [6.45, 7) is 1.45. The highest BCUT2D eigenvalue weighted by Crippen LogP contribution is 2.52. The SMILES string of the molecule is CSC(C)(C)C#Cc1ccc(-c2ccc(Cl)c3c(N(C(=O)C4CC(C(=O)O)CC(C(=O)O)C4)[S+](C)[O-])nn(CC(F)(F)F)c23)c(C(Cc2cc(F)cc(F)c2)NC(=O)Cn2nc(C(F)(F)F)c3c2C(F)(F)C[C@@H]3C)n1. The zero-order chi connectivity index (χ0) is 55.4. The fourth-order valence-corrected chi connectivity index (χ4v) is 10.6. The molecule has 3 aromatic heterocycles. The van der Waals surface area contributed by atoms with Crippen LogP contribution >= 0.6 is 23.4 Å². The van der Waals surface area contributed by atoms with Crippen molar-refractivity contribution in [1.29, 1.82) is 0 Å². The Morgan fingerprint density at radius 3 is 2.11 bits per heavy atom. The average Bonchev–Trinajstić information content (AvgIpc) is 3.94. The van der Waals surface area contributed by atoms with Gasteiger partial charge in [-0.25, -0.2) is 13.8 Å². The zero-order valence-electron chi connectivity index (χ0n) is 40.0. The number of thioether (sulfide) groups is 1. The standard InChI is InChI=1S/C48H44ClF10N7O7S2/c1-22-19-46(52,53)40-35(22)39(48(57,58)59)62-64(40)20-34(67)61-33(14-23-12-27(50)18-28(51)13-23)37-30(7-6-29(60-37)10-11-45(2,3)74-4)31-8-9-32(49)36-38(31)65(21-47(54,55)56)63-41(36)66(75(5)73)42(68)24-15-25(43(69)70)17-26(16-24)44(71)72/h6-9,12-13,18,22,24-26,33H,14-17,19-21H2,1-5H3,(H,61,67)(H,69,70)(H,71,72)/t22-,24?,25?,26?,33?,75?/m0/s1. The van der Waals surface area contributed by atoms with Crippen LogP contribution in [0, 0.1) is 41.2 Å². The maximum Gasteiger partial charge on any atom is 0.435 e. The summed E-state index contributed by atoms with van der Waals surface area (Å²) in [7, 11) is 0. The van der Waals surface area contributed by atoms with E-state index in [1.807, 2.05) is 0 Å². The van der Waals surface area contributed by atoms with E-state index in [1.165, 1.54) is 30.0 Å². The molecule has 3 N–H and O–H groups in total. The summed E-state index contributed by atoms with van der Waals surface area (Å²) in [5.74, 6) is -11.8. The van der Waals surface area contributed by atoms with Crippen LogP contribution in [0.15, 0.2) is 42.5 Å². The number of anilines is 1. The van der Waals surface area contributed by atoms with Crippen LogP contribution in [0.3, 0.4) is 0 Å². The predicted molar refractivity (Wildman–Crippen MR) is 255 cm³/mol. The largest absolute Gasteiger partial charge is 0.593 e. The smallest absolute Gasteiger partial charge is 0.435 e. The van der Waals surface area contributed by atoms with E-state index < -0.39 is 172 Å². The monoisotopic (exact) mass is 1120 g/mol. The van der Waals surface area contributed by atoms with Crippen LogP contribution < -0.4 is 9.62 Å². The van der Waals surface area contributed by atoms with Gasteiger partial charge >= 0.3 is 24.3 Å². The van der Waals surface area contributed by atoms with E-state index in [9.17, 15) is 69.1 Å². The zero-order valence-corrected chi connectivity index (χ0v) is 42.4. The molecule has 1 fully saturated rings. The van der Waals surface area contributed by atoms with Crippen LogP contribution in [0.1, 0.15) is 92.3 Å². The van der Waals surface area contributed by atoms with Gasteiger partial charge in [0.1, 0.15) is 42.4 Å². The van der Waals surface area contributed by atoms with Crippen LogP contribution in [-0.4, -0.2) is 86.5 Å². The first kappa shape index (κ1) is 56.7. The molecule has 1 saturated carbocycles. The normalized spacial score (nSPS) is 19.5. The van der Waals surface area contributed by atoms with Crippen LogP contribution in [0.25, 0.3) is 22.0 Å². The van der Waals surface area contributed by atoms with Gasteiger partial charge in [-0.05, 0) is 93.5 Å². The number of alkyl halides is 8. The lowest BCUT2D eigenvalue weighted by Gasteiger charge is -2.32. The Bertz CT molecular complexity index is 3110. The first-order valence-corrected chi connectivity index (χ1v) is 25.7. The Morgan fingerprint density at radius 1 is 0.947 bits per heavy atom. The van der Waals surface area contributed by atoms with Crippen molar-refractivity contribution in [1.82, 2.24) is 29.9 Å². The summed E-state index contributed by atoms with van der Waals surface area (Å²) >= 11 is 5.57. The van der Waals surface area contributed by atoms with Gasteiger partial charge < -0.3 is 20.1 Å². The fraction of sp³-hybridized carbons (Fsp3) is 0.438. The van der Waals surface area contributed by atoms with Crippen molar-refractivity contribution >= 4 is 75.2 Å². The second-order valence-corrected chi connectivity index (χ2v) is 21.8. The number of nitrogens with zero attached hydrogens (tertiary/aromatic N) is 6. The molecule has 3 heterocycles. The van der Waals surface area contributed by atoms with Gasteiger partial charge in [-0.3, -0.25) is 28.5 Å². The third kappa shape index (κ3) is 12.3. The van der Waals surface area contributed by atoms with E-state index in [0.717, 1.165) is 31.4 Å². The second-order valence-electron chi connectivity index (χ2n) is 18.7. The molecule has 0 bridgehead atoms. The van der Waals surface area contributed by atoms with E-state index in [-0.39, 0.29) is 44.2 Å². The third-order valence-corrected chi connectivity index (χ3v) is 15.1. The molecule has 0 saturated heterocycles. The van der Waals surface area contributed by atoms with Gasteiger partial charge in [-0.15, -0.1) is 21.2 Å². The minimum Gasteiger partial charge on any atom is -0.593 e. The molecule has 27 heteroatoms. The molecule has 5 aromatic rings. The molecule has 14 nitrogen and oxygen atoms in total. The summed E-state index contributed by atoms with van der Waals surface area (Å²) in [6.07, 6.45) is -10.5. The van der Waals surface area contributed by atoms with Crippen molar-refractivity contribution in [3.63, 3.8) is 0 Å². The highest BCUT2D eigenvalue weighted by Gasteiger charge is 2.53. The topological polar surface area (TPSA) is 196 Å². The summed E-state index contributed by atoms with van der Waals surface area (Å²) in [5.41, 5.74) is -5.20. The number of carbonyl (C=O) groups is 4. The van der Waals surface area contributed by atoms with Gasteiger partial charge in [0.25, 0.3) is 11.8 Å². The number of carbonyl (C=O) groups excluding carboxylic acids is 2. The number of fused-ring (bicyclic) bond motifs is 2. The van der Waals surface area contributed by atoms with Gasteiger partial charge in [0.2, 0.25) is 11.7 Å². The minimum atomic E-state index is -5.22. The molecule has 0 aliphatic heterocycles. The Hall–Kier alpha value is -6.04. The highest BCUT2D eigenvalue weighted by molar-refractivity contribution is 8.00. The van der Waals surface area contributed by atoms with Crippen LogP contribution in [-0.2, 0) is 62.1 Å². The summed E-state index contributed by atoms with van der Waals surface area (Å²) in [5, 5.41) is 28.8. The van der Waals surface area contributed by atoms with E-state index in [2.05, 4.69) is 32.3 Å². The quantitative estimate of drug-likeness (QED) is 0.0544. The number of hydrogen-bond acceptors (Lipinski definition) is 9.